The van der Waals surface area contributed by atoms with Gasteiger partial charge in [0.25, 0.3) is 0 Å². The number of carbonyl (C=O) groups excluding carboxylic acids is 1. The van der Waals surface area contributed by atoms with E-state index >= 15 is 0 Å². The highest BCUT2D eigenvalue weighted by Crippen LogP contribution is 2.63. The van der Waals surface area contributed by atoms with Gasteiger partial charge < -0.3 is 5.11 Å². The number of rotatable bonds is 1. The summed E-state index contributed by atoms with van der Waals surface area (Å²) in [5.41, 5.74) is 4.50. The summed E-state index contributed by atoms with van der Waals surface area (Å²) in [7, 11) is 0. The predicted octanol–water partition coefficient (Wildman–Crippen LogP) is 4.13. The Labute approximate surface area is 138 Å². The van der Waals surface area contributed by atoms with E-state index in [4.69, 9.17) is 0 Å². The van der Waals surface area contributed by atoms with Gasteiger partial charge >= 0.3 is 0 Å². The third-order valence-corrected chi connectivity index (χ3v) is 7.13. The van der Waals surface area contributed by atoms with Crippen LogP contribution in [0.25, 0.3) is 0 Å². The number of hydrogen-bond acceptors (Lipinski definition) is 2. The van der Waals surface area contributed by atoms with Crippen molar-refractivity contribution in [2.45, 2.75) is 46.0 Å². The summed E-state index contributed by atoms with van der Waals surface area (Å²) < 4.78 is 0. The van der Waals surface area contributed by atoms with Crippen LogP contribution >= 0.6 is 0 Å². The van der Waals surface area contributed by atoms with Gasteiger partial charge in [0.15, 0.2) is 5.78 Å². The van der Waals surface area contributed by atoms with E-state index in [2.05, 4.69) is 26.0 Å². The summed E-state index contributed by atoms with van der Waals surface area (Å²) in [6.45, 7) is 4.85. The Morgan fingerprint density at radius 2 is 2.13 bits per heavy atom. The first-order chi connectivity index (χ1) is 11.0. The summed E-state index contributed by atoms with van der Waals surface area (Å²) in [6, 6.07) is 0. The smallest absolute Gasteiger partial charge is 0.178 e. The van der Waals surface area contributed by atoms with Gasteiger partial charge in [-0.2, -0.15) is 0 Å². The Morgan fingerprint density at radius 3 is 2.91 bits per heavy atom. The van der Waals surface area contributed by atoms with Crippen molar-refractivity contribution >= 4 is 5.78 Å². The largest absolute Gasteiger partial charge is 0.392 e. The van der Waals surface area contributed by atoms with E-state index in [1.54, 1.807) is 11.6 Å². The number of aliphatic hydroxyl groups is 1. The normalized spacial score (nSPS) is 43.6. The molecule has 0 aromatic heterocycles. The number of fused-ring (bicyclic) bond motifs is 5. The second-order valence-corrected chi connectivity index (χ2v) is 8.09. The van der Waals surface area contributed by atoms with E-state index in [1.165, 1.54) is 24.0 Å². The van der Waals surface area contributed by atoms with Crippen LogP contribution in [0.2, 0.25) is 0 Å². The van der Waals surface area contributed by atoms with Crippen LogP contribution in [0.5, 0.6) is 0 Å². The van der Waals surface area contributed by atoms with Gasteiger partial charge in [0.2, 0.25) is 0 Å². The molecule has 1 N–H and O–H groups in total. The van der Waals surface area contributed by atoms with E-state index in [1.807, 2.05) is 12.2 Å². The first kappa shape index (κ1) is 15.1. The number of allylic oxidation sites excluding steroid dienone is 7. The van der Waals surface area contributed by atoms with Crippen molar-refractivity contribution < 1.29 is 9.90 Å². The molecule has 0 radical (unpaired) electrons. The number of hydrogen-bond donors (Lipinski definition) is 1. The van der Waals surface area contributed by atoms with Crippen molar-refractivity contribution in [2.75, 3.05) is 6.61 Å². The van der Waals surface area contributed by atoms with Crippen LogP contribution in [-0.2, 0) is 4.79 Å². The average Bonchev–Trinajstić information content (AvgIpc) is 2.85. The molecule has 0 aliphatic heterocycles. The lowest BCUT2D eigenvalue weighted by molar-refractivity contribution is -0.110. The van der Waals surface area contributed by atoms with Crippen LogP contribution in [0.4, 0.5) is 0 Å². The second kappa shape index (κ2) is 5.04. The van der Waals surface area contributed by atoms with Crippen molar-refractivity contribution in [3.63, 3.8) is 0 Å². The van der Waals surface area contributed by atoms with Gasteiger partial charge in [-0.25, -0.2) is 0 Å². The lowest BCUT2D eigenvalue weighted by Crippen LogP contribution is -2.42. The molecule has 0 aromatic rings. The van der Waals surface area contributed by atoms with Crippen molar-refractivity contribution in [3.05, 3.63) is 47.1 Å². The molecule has 0 spiro atoms. The average molecular weight is 310 g/mol. The van der Waals surface area contributed by atoms with Crippen LogP contribution in [0, 0.1) is 22.7 Å². The van der Waals surface area contributed by atoms with E-state index in [0.29, 0.717) is 11.8 Å². The molecule has 0 amide bonds. The maximum absolute atomic E-state index is 11.8. The maximum atomic E-state index is 11.8. The maximum Gasteiger partial charge on any atom is 0.178 e. The highest BCUT2D eigenvalue weighted by atomic mass is 16.2. The molecule has 4 aliphatic rings. The highest BCUT2D eigenvalue weighted by molar-refractivity contribution is 6.01. The predicted molar refractivity (Wildman–Crippen MR) is 91.8 cm³/mol. The SMILES string of the molecule is C[C@]12C=CC(=O)C=C1CC[C@@H]1C2=CC[C@]2(C)C(=CCO)CC[C@@H]12. The second-order valence-electron chi connectivity index (χ2n) is 8.09. The van der Waals surface area contributed by atoms with Gasteiger partial charge in [-0.05, 0) is 68.4 Å². The first-order valence-electron chi connectivity index (χ1n) is 8.94. The first-order valence-corrected chi connectivity index (χ1v) is 8.94. The molecule has 0 aromatic carbocycles. The molecule has 2 fully saturated rings. The summed E-state index contributed by atoms with van der Waals surface area (Å²) in [6.07, 6.45) is 15.9. The van der Waals surface area contributed by atoms with Gasteiger partial charge in [-0.1, -0.05) is 41.9 Å². The standard InChI is InChI=1S/C21H26O2/c1-20-11-8-19-17(18(20)6-4-14(20)9-12-22)5-3-15-13-16(23)7-10-21(15,19)2/h7-10,13,17-18,22H,3-6,11-12H2,1-2H3/t17-,18-,20+,21-/m0/s1. The molecule has 4 aliphatic carbocycles. The molecule has 122 valence electrons. The summed E-state index contributed by atoms with van der Waals surface area (Å²) in [5.74, 6) is 1.45. The molecule has 2 heteroatoms. The molecule has 2 saturated carbocycles. The molecule has 4 rings (SSSR count). The Hall–Kier alpha value is -1.41. The fraction of sp³-hybridized carbons (Fsp3) is 0.571. The number of carbonyl (C=O) groups is 1. The monoisotopic (exact) mass is 310 g/mol. The van der Waals surface area contributed by atoms with Gasteiger partial charge in [-0.3, -0.25) is 4.79 Å². The zero-order chi connectivity index (χ0) is 16.2. The Kier molecular flexibility index (Phi) is 3.32. The van der Waals surface area contributed by atoms with Crippen LogP contribution in [0.15, 0.2) is 47.1 Å². The molecule has 4 atom stereocenters. The van der Waals surface area contributed by atoms with Gasteiger partial charge in [-0.15, -0.1) is 0 Å². The van der Waals surface area contributed by atoms with Crippen LogP contribution < -0.4 is 0 Å². The topological polar surface area (TPSA) is 37.3 Å². The molecule has 0 bridgehead atoms. The molecular formula is C21H26O2. The van der Waals surface area contributed by atoms with Crippen molar-refractivity contribution in [2.24, 2.45) is 22.7 Å². The molecule has 0 saturated heterocycles. The third-order valence-electron chi connectivity index (χ3n) is 7.13. The van der Waals surface area contributed by atoms with E-state index in [-0.39, 0.29) is 23.2 Å². The number of aliphatic hydroxyl groups excluding tert-OH is 1. The van der Waals surface area contributed by atoms with Crippen LogP contribution in [-0.4, -0.2) is 17.5 Å². The van der Waals surface area contributed by atoms with Crippen molar-refractivity contribution in [3.8, 4) is 0 Å². The lowest BCUT2D eigenvalue weighted by Gasteiger charge is -2.51. The minimum Gasteiger partial charge on any atom is -0.392 e. The van der Waals surface area contributed by atoms with Crippen molar-refractivity contribution in [1.82, 2.24) is 0 Å². The number of ketones is 1. The molecular weight excluding hydrogens is 284 g/mol. The third kappa shape index (κ3) is 2.00. The van der Waals surface area contributed by atoms with E-state index in [0.717, 1.165) is 19.3 Å². The fourth-order valence-corrected chi connectivity index (χ4v) is 5.82. The fourth-order valence-electron chi connectivity index (χ4n) is 5.82. The quantitative estimate of drug-likeness (QED) is 0.739. The van der Waals surface area contributed by atoms with Crippen LogP contribution in [0.3, 0.4) is 0 Å². The van der Waals surface area contributed by atoms with Crippen molar-refractivity contribution in [1.29, 1.82) is 0 Å². The molecule has 0 heterocycles. The zero-order valence-electron chi connectivity index (χ0n) is 14.1. The minimum atomic E-state index is -0.0401. The van der Waals surface area contributed by atoms with Gasteiger partial charge in [0, 0.05) is 5.41 Å². The summed E-state index contributed by atoms with van der Waals surface area (Å²) in [5, 5.41) is 9.34. The van der Waals surface area contributed by atoms with E-state index in [9.17, 15) is 9.90 Å². The molecule has 2 nitrogen and oxygen atoms in total. The highest BCUT2D eigenvalue weighted by Gasteiger charge is 2.53. The Morgan fingerprint density at radius 1 is 1.30 bits per heavy atom. The molecule has 23 heavy (non-hydrogen) atoms. The Bertz CT molecular complexity index is 678. The molecule has 0 unspecified atom stereocenters. The van der Waals surface area contributed by atoms with E-state index < -0.39 is 0 Å². The van der Waals surface area contributed by atoms with Crippen LogP contribution in [0.1, 0.15) is 46.0 Å². The Balaban J connectivity index is 1.76. The van der Waals surface area contributed by atoms with Gasteiger partial charge in [0.1, 0.15) is 0 Å². The summed E-state index contributed by atoms with van der Waals surface area (Å²) >= 11 is 0. The zero-order valence-corrected chi connectivity index (χ0v) is 14.1. The summed E-state index contributed by atoms with van der Waals surface area (Å²) in [4.78, 5) is 11.8. The lowest BCUT2D eigenvalue weighted by atomic mass is 9.53. The van der Waals surface area contributed by atoms with Gasteiger partial charge in [0.05, 0.1) is 6.61 Å². The minimum absolute atomic E-state index is 0.0401.